The van der Waals surface area contributed by atoms with E-state index in [0.29, 0.717) is 5.13 Å². The van der Waals surface area contributed by atoms with Crippen molar-refractivity contribution >= 4 is 28.4 Å². The molecular weight excluding hydrogens is 254 g/mol. The van der Waals surface area contributed by atoms with Crippen molar-refractivity contribution < 1.29 is 9.59 Å². The van der Waals surface area contributed by atoms with E-state index in [0.717, 1.165) is 25.9 Å². The van der Waals surface area contributed by atoms with Crippen LogP contribution in [0.25, 0.3) is 0 Å². The van der Waals surface area contributed by atoms with Gasteiger partial charge < -0.3 is 10.2 Å². The molecule has 2 N–H and O–H groups in total. The van der Waals surface area contributed by atoms with E-state index < -0.39 is 6.03 Å². The van der Waals surface area contributed by atoms with Gasteiger partial charge in [-0.15, -0.1) is 10.2 Å². The summed E-state index contributed by atoms with van der Waals surface area (Å²) in [5.41, 5.74) is 1.52. The molecule has 1 aromatic rings. The molecular formula is C10H15N5O2S. The first-order valence-electron chi connectivity index (χ1n) is 5.84. The molecule has 0 unspecified atom stereocenters. The first-order valence-corrected chi connectivity index (χ1v) is 6.72. The van der Waals surface area contributed by atoms with Crippen LogP contribution in [-0.2, 0) is 4.79 Å². The zero-order chi connectivity index (χ0) is 12.8. The molecule has 0 saturated carbocycles. The van der Waals surface area contributed by atoms with Gasteiger partial charge in [0.2, 0.25) is 11.0 Å². The lowest BCUT2D eigenvalue weighted by atomic mass is 10.1. The first kappa shape index (κ1) is 12.7. The molecule has 0 atom stereocenters. The lowest BCUT2D eigenvalue weighted by Crippen LogP contribution is -2.43. The van der Waals surface area contributed by atoms with Crippen molar-refractivity contribution in [3.05, 3.63) is 5.51 Å². The second-order valence-corrected chi connectivity index (χ2v) is 4.83. The van der Waals surface area contributed by atoms with Gasteiger partial charge in [-0.05, 0) is 19.3 Å². The highest BCUT2D eigenvalue weighted by atomic mass is 32.1. The fourth-order valence-electron chi connectivity index (χ4n) is 1.78. The average molecular weight is 269 g/mol. The lowest BCUT2D eigenvalue weighted by molar-refractivity contribution is -0.130. The first-order chi connectivity index (χ1) is 8.75. The summed E-state index contributed by atoms with van der Waals surface area (Å²) in [6.07, 6.45) is 3.26. The number of urea groups is 1. The average Bonchev–Trinajstić information content (AvgIpc) is 2.90. The molecule has 0 aromatic carbocycles. The molecule has 0 radical (unpaired) electrons. The molecule has 8 heteroatoms. The zero-order valence-electron chi connectivity index (χ0n) is 9.89. The number of anilines is 1. The Balaban J connectivity index is 1.70. The van der Waals surface area contributed by atoms with E-state index in [1.807, 2.05) is 0 Å². The van der Waals surface area contributed by atoms with Crippen LogP contribution in [0.5, 0.6) is 0 Å². The Kier molecular flexibility index (Phi) is 4.46. The van der Waals surface area contributed by atoms with Gasteiger partial charge in [-0.2, -0.15) is 0 Å². The summed E-state index contributed by atoms with van der Waals surface area (Å²) in [6, 6.07) is -0.433. The van der Waals surface area contributed by atoms with E-state index in [9.17, 15) is 9.59 Å². The Hall–Kier alpha value is -1.70. The molecule has 1 aromatic heterocycles. The molecule has 2 heterocycles. The summed E-state index contributed by atoms with van der Waals surface area (Å²) in [5, 5.41) is 12.7. The van der Waals surface area contributed by atoms with Crippen molar-refractivity contribution in [3.8, 4) is 0 Å². The number of carbonyl (C=O) groups excluding carboxylic acids is 2. The topological polar surface area (TPSA) is 87.2 Å². The predicted molar refractivity (Wildman–Crippen MR) is 67.4 cm³/mol. The number of nitrogens with zero attached hydrogens (tertiary/aromatic N) is 3. The van der Waals surface area contributed by atoms with Gasteiger partial charge in [0.15, 0.2) is 0 Å². The Bertz CT molecular complexity index is 402. The van der Waals surface area contributed by atoms with Crippen LogP contribution >= 0.6 is 11.3 Å². The second kappa shape index (κ2) is 6.29. The minimum atomic E-state index is -0.433. The van der Waals surface area contributed by atoms with Crippen LogP contribution in [-0.4, -0.2) is 46.7 Å². The van der Waals surface area contributed by atoms with Gasteiger partial charge in [-0.1, -0.05) is 11.3 Å². The molecule has 2 rings (SSSR count). The van der Waals surface area contributed by atoms with Crippen LogP contribution in [0, 0.1) is 0 Å². The number of rotatable bonds is 3. The molecule has 0 bridgehead atoms. The zero-order valence-corrected chi connectivity index (χ0v) is 10.7. The summed E-state index contributed by atoms with van der Waals surface area (Å²) in [7, 11) is 0. The Morgan fingerprint density at radius 2 is 2.11 bits per heavy atom. The standard InChI is InChI=1S/C10H15N5O2S/c16-8(15-4-2-1-3-5-15)6-11-9(17)13-10-14-12-7-18-10/h7H,1-6H2,(H2,11,13,14,17). The number of carbonyl (C=O) groups is 2. The van der Waals surface area contributed by atoms with E-state index in [-0.39, 0.29) is 12.5 Å². The van der Waals surface area contributed by atoms with Crippen molar-refractivity contribution in [2.24, 2.45) is 0 Å². The third-order valence-electron chi connectivity index (χ3n) is 2.69. The van der Waals surface area contributed by atoms with E-state index in [1.54, 1.807) is 4.90 Å². The minimum Gasteiger partial charge on any atom is -0.341 e. The van der Waals surface area contributed by atoms with Crippen molar-refractivity contribution in [1.29, 1.82) is 0 Å². The lowest BCUT2D eigenvalue weighted by Gasteiger charge is -2.26. The largest absolute Gasteiger partial charge is 0.341 e. The predicted octanol–water partition coefficient (Wildman–Crippen LogP) is 0.672. The monoisotopic (exact) mass is 269 g/mol. The summed E-state index contributed by atoms with van der Waals surface area (Å²) >= 11 is 1.22. The smallest absolute Gasteiger partial charge is 0.321 e. The molecule has 7 nitrogen and oxygen atoms in total. The summed E-state index contributed by atoms with van der Waals surface area (Å²) in [5.74, 6) is -0.0397. The van der Waals surface area contributed by atoms with E-state index >= 15 is 0 Å². The summed E-state index contributed by atoms with van der Waals surface area (Å²) in [4.78, 5) is 25.0. The molecule has 0 aliphatic carbocycles. The number of likely N-dealkylation sites (tertiary alicyclic amines) is 1. The normalized spacial score (nSPS) is 15.2. The van der Waals surface area contributed by atoms with Gasteiger partial charge >= 0.3 is 6.03 Å². The highest BCUT2D eigenvalue weighted by Crippen LogP contribution is 2.09. The summed E-state index contributed by atoms with van der Waals surface area (Å²) < 4.78 is 0. The molecule has 3 amide bonds. The molecule has 1 aliphatic heterocycles. The Morgan fingerprint density at radius 1 is 1.33 bits per heavy atom. The van der Waals surface area contributed by atoms with Gasteiger partial charge in [0, 0.05) is 13.1 Å². The van der Waals surface area contributed by atoms with Crippen LogP contribution in [0.15, 0.2) is 5.51 Å². The highest BCUT2D eigenvalue weighted by Gasteiger charge is 2.16. The summed E-state index contributed by atoms with van der Waals surface area (Å²) in [6.45, 7) is 1.60. The fraction of sp³-hybridized carbons (Fsp3) is 0.600. The molecule has 98 valence electrons. The fourth-order valence-corrected chi connectivity index (χ4v) is 2.22. The number of hydrogen-bond acceptors (Lipinski definition) is 5. The SMILES string of the molecule is O=C(NCC(=O)N1CCCCC1)Nc1nncs1. The maximum Gasteiger partial charge on any atom is 0.321 e. The number of amides is 3. The minimum absolute atomic E-state index is 0.0185. The highest BCUT2D eigenvalue weighted by molar-refractivity contribution is 7.13. The van der Waals surface area contributed by atoms with E-state index in [1.165, 1.54) is 23.3 Å². The maximum atomic E-state index is 11.8. The number of hydrogen-bond donors (Lipinski definition) is 2. The van der Waals surface area contributed by atoms with Gasteiger partial charge in [-0.3, -0.25) is 10.1 Å². The van der Waals surface area contributed by atoms with Crippen molar-refractivity contribution in [2.45, 2.75) is 19.3 Å². The number of aromatic nitrogens is 2. The number of piperidine rings is 1. The maximum absolute atomic E-state index is 11.8. The van der Waals surface area contributed by atoms with Crippen LogP contribution in [0.2, 0.25) is 0 Å². The Labute approximate surface area is 109 Å². The van der Waals surface area contributed by atoms with Crippen LogP contribution in [0.1, 0.15) is 19.3 Å². The van der Waals surface area contributed by atoms with Crippen molar-refractivity contribution in [2.75, 3.05) is 25.0 Å². The molecule has 1 fully saturated rings. The van der Waals surface area contributed by atoms with Gasteiger partial charge in [0.05, 0.1) is 6.54 Å². The van der Waals surface area contributed by atoms with Crippen molar-refractivity contribution in [1.82, 2.24) is 20.4 Å². The van der Waals surface area contributed by atoms with Gasteiger partial charge in [0.25, 0.3) is 0 Å². The number of nitrogens with one attached hydrogen (secondary N) is 2. The molecule has 1 aliphatic rings. The van der Waals surface area contributed by atoms with E-state index in [4.69, 9.17) is 0 Å². The molecule has 18 heavy (non-hydrogen) atoms. The van der Waals surface area contributed by atoms with E-state index in [2.05, 4.69) is 20.8 Å². The molecule has 1 saturated heterocycles. The van der Waals surface area contributed by atoms with Gasteiger partial charge in [0.1, 0.15) is 5.51 Å². The third-order valence-corrected chi connectivity index (χ3v) is 3.30. The second-order valence-electron chi connectivity index (χ2n) is 3.99. The third kappa shape index (κ3) is 3.66. The van der Waals surface area contributed by atoms with Crippen molar-refractivity contribution in [3.63, 3.8) is 0 Å². The molecule has 0 spiro atoms. The van der Waals surface area contributed by atoms with Gasteiger partial charge in [-0.25, -0.2) is 4.79 Å². The van der Waals surface area contributed by atoms with Crippen LogP contribution < -0.4 is 10.6 Å². The quantitative estimate of drug-likeness (QED) is 0.844. The van der Waals surface area contributed by atoms with Crippen LogP contribution in [0.3, 0.4) is 0 Å². The van der Waals surface area contributed by atoms with Crippen LogP contribution in [0.4, 0.5) is 9.93 Å². The Morgan fingerprint density at radius 3 is 2.78 bits per heavy atom.